The maximum Gasteiger partial charge on any atom is 0.295 e. The number of aliphatic hydroxyl groups is 1. The Morgan fingerprint density at radius 1 is 0.939 bits per heavy atom. The molecule has 2 aromatic carbocycles. The van der Waals surface area contributed by atoms with Gasteiger partial charge in [0.2, 0.25) is 0 Å². The summed E-state index contributed by atoms with van der Waals surface area (Å²) in [5, 5.41) is 11.2. The van der Waals surface area contributed by atoms with Gasteiger partial charge in [0.15, 0.2) is 0 Å². The number of amides is 1. The van der Waals surface area contributed by atoms with Gasteiger partial charge in [0.05, 0.1) is 24.8 Å². The molecule has 0 radical (unpaired) electrons. The number of nitrogens with zero attached hydrogens (tertiary/aromatic N) is 1. The Balaban J connectivity index is 2.06. The molecule has 0 spiro atoms. The fourth-order valence-corrected chi connectivity index (χ4v) is 4.01. The third-order valence-electron chi connectivity index (χ3n) is 5.63. The number of ketones is 1. The lowest BCUT2D eigenvalue weighted by molar-refractivity contribution is -0.139. The molecule has 1 atom stereocenters. The van der Waals surface area contributed by atoms with Crippen LogP contribution in [0.4, 0.5) is 0 Å². The summed E-state index contributed by atoms with van der Waals surface area (Å²) in [5.74, 6) is -0.111. The van der Waals surface area contributed by atoms with E-state index in [0.29, 0.717) is 36.8 Å². The summed E-state index contributed by atoms with van der Waals surface area (Å²) >= 11 is 0. The minimum absolute atomic E-state index is 0.105. The van der Waals surface area contributed by atoms with Crippen LogP contribution in [0.3, 0.4) is 0 Å². The van der Waals surface area contributed by atoms with Crippen LogP contribution in [0.25, 0.3) is 5.76 Å². The molecule has 0 aromatic heterocycles. The standard InChI is InChI=1S/C27H33NO5/c1-4-7-8-16-28-24(19-12-14-21(15-13-19)32-6-3)23(26(30)27(28)31)25(29)20-10-9-11-22(18-20)33-17-5-2/h9-15,18,24,29H,4-8,16-17H2,1-3H3/b25-23-. The molecule has 6 nitrogen and oxygen atoms in total. The van der Waals surface area contributed by atoms with E-state index in [1.807, 2.05) is 38.1 Å². The molecular weight excluding hydrogens is 418 g/mol. The number of hydrogen-bond acceptors (Lipinski definition) is 5. The van der Waals surface area contributed by atoms with E-state index in [1.54, 1.807) is 29.2 Å². The van der Waals surface area contributed by atoms with Gasteiger partial charge < -0.3 is 19.5 Å². The van der Waals surface area contributed by atoms with Crippen molar-refractivity contribution in [2.45, 2.75) is 52.5 Å². The molecule has 0 bridgehead atoms. The maximum absolute atomic E-state index is 13.1. The largest absolute Gasteiger partial charge is 0.507 e. The van der Waals surface area contributed by atoms with Crippen molar-refractivity contribution in [2.24, 2.45) is 0 Å². The number of ether oxygens (including phenoxy) is 2. The van der Waals surface area contributed by atoms with Gasteiger partial charge in [0.25, 0.3) is 11.7 Å². The van der Waals surface area contributed by atoms with E-state index in [9.17, 15) is 14.7 Å². The number of benzene rings is 2. The van der Waals surface area contributed by atoms with Gasteiger partial charge in [-0.2, -0.15) is 0 Å². The predicted molar refractivity (Wildman–Crippen MR) is 128 cm³/mol. The number of aliphatic hydroxyl groups excluding tert-OH is 1. The minimum Gasteiger partial charge on any atom is -0.507 e. The summed E-state index contributed by atoms with van der Waals surface area (Å²) in [5.41, 5.74) is 1.31. The van der Waals surface area contributed by atoms with Crippen LogP contribution in [-0.2, 0) is 9.59 Å². The number of hydrogen-bond donors (Lipinski definition) is 1. The van der Waals surface area contributed by atoms with Crippen LogP contribution in [0.5, 0.6) is 11.5 Å². The third-order valence-corrected chi connectivity index (χ3v) is 5.63. The molecule has 1 heterocycles. The average molecular weight is 452 g/mol. The molecule has 176 valence electrons. The number of carbonyl (C=O) groups excluding carboxylic acids is 2. The van der Waals surface area contributed by atoms with E-state index in [4.69, 9.17) is 9.47 Å². The van der Waals surface area contributed by atoms with E-state index in [0.717, 1.165) is 31.2 Å². The van der Waals surface area contributed by atoms with Crippen LogP contribution in [-0.4, -0.2) is 41.5 Å². The van der Waals surface area contributed by atoms with Gasteiger partial charge in [-0.25, -0.2) is 0 Å². The molecule has 1 unspecified atom stereocenters. The number of likely N-dealkylation sites (tertiary alicyclic amines) is 1. The lowest BCUT2D eigenvalue weighted by Crippen LogP contribution is -2.30. The highest BCUT2D eigenvalue weighted by Crippen LogP contribution is 2.40. The molecule has 6 heteroatoms. The highest BCUT2D eigenvalue weighted by atomic mass is 16.5. The number of carbonyl (C=O) groups is 2. The molecule has 1 N–H and O–H groups in total. The fraction of sp³-hybridized carbons (Fsp3) is 0.407. The van der Waals surface area contributed by atoms with Crippen LogP contribution in [0.15, 0.2) is 54.1 Å². The predicted octanol–water partition coefficient (Wildman–Crippen LogP) is 5.49. The highest BCUT2D eigenvalue weighted by Gasteiger charge is 2.45. The SMILES string of the molecule is CCCCCN1C(=O)C(=O)/C(=C(\O)c2cccc(OCCC)c2)C1c1ccc(OCC)cc1. The van der Waals surface area contributed by atoms with Crippen molar-refractivity contribution in [3.8, 4) is 11.5 Å². The molecule has 1 fully saturated rings. The van der Waals surface area contributed by atoms with Gasteiger partial charge in [0, 0.05) is 12.1 Å². The Labute approximate surface area is 195 Å². The van der Waals surface area contributed by atoms with E-state index in [2.05, 4.69) is 6.92 Å². The van der Waals surface area contributed by atoms with E-state index in [1.165, 1.54) is 0 Å². The van der Waals surface area contributed by atoms with Gasteiger partial charge in [-0.3, -0.25) is 9.59 Å². The Kier molecular flexibility index (Phi) is 8.52. The maximum atomic E-state index is 13.1. The van der Waals surface area contributed by atoms with Crippen molar-refractivity contribution in [3.63, 3.8) is 0 Å². The van der Waals surface area contributed by atoms with Gasteiger partial charge in [-0.15, -0.1) is 0 Å². The monoisotopic (exact) mass is 451 g/mol. The first kappa shape index (κ1) is 24.4. The molecule has 0 aliphatic carbocycles. The third kappa shape index (κ3) is 5.56. The van der Waals surface area contributed by atoms with Gasteiger partial charge >= 0.3 is 0 Å². The summed E-state index contributed by atoms with van der Waals surface area (Å²) in [6.45, 7) is 7.57. The quantitative estimate of drug-likeness (QED) is 0.212. The average Bonchev–Trinajstić information content (AvgIpc) is 3.08. The van der Waals surface area contributed by atoms with E-state index < -0.39 is 17.7 Å². The Bertz CT molecular complexity index is 996. The van der Waals surface area contributed by atoms with Crippen molar-refractivity contribution in [2.75, 3.05) is 19.8 Å². The molecule has 2 aromatic rings. The summed E-state index contributed by atoms with van der Waals surface area (Å²) in [6, 6.07) is 13.7. The van der Waals surface area contributed by atoms with Crippen molar-refractivity contribution < 1.29 is 24.2 Å². The van der Waals surface area contributed by atoms with Crippen LogP contribution in [0, 0.1) is 0 Å². The second kappa shape index (κ2) is 11.5. The van der Waals surface area contributed by atoms with Crippen LogP contribution >= 0.6 is 0 Å². The molecule has 1 saturated heterocycles. The molecule has 3 rings (SSSR count). The summed E-state index contributed by atoms with van der Waals surface area (Å²) in [6.07, 6.45) is 3.60. The van der Waals surface area contributed by atoms with Gasteiger partial charge in [0.1, 0.15) is 17.3 Å². The van der Waals surface area contributed by atoms with E-state index in [-0.39, 0.29) is 11.3 Å². The first-order valence-corrected chi connectivity index (χ1v) is 11.8. The number of unbranched alkanes of at least 4 members (excludes halogenated alkanes) is 2. The summed E-state index contributed by atoms with van der Waals surface area (Å²) in [7, 11) is 0. The second-order valence-electron chi connectivity index (χ2n) is 8.08. The van der Waals surface area contributed by atoms with E-state index >= 15 is 0 Å². The van der Waals surface area contributed by atoms with Crippen molar-refractivity contribution in [1.82, 2.24) is 4.90 Å². The molecule has 0 saturated carbocycles. The molecule has 1 amide bonds. The fourth-order valence-electron chi connectivity index (χ4n) is 4.01. The first-order chi connectivity index (χ1) is 16.0. The first-order valence-electron chi connectivity index (χ1n) is 11.8. The van der Waals surface area contributed by atoms with Crippen LogP contribution in [0.1, 0.15) is 63.6 Å². The second-order valence-corrected chi connectivity index (χ2v) is 8.08. The number of Topliss-reactive ketones (excluding diaryl/α,β-unsaturated/α-hetero) is 1. The minimum atomic E-state index is -0.664. The number of rotatable bonds is 11. The summed E-state index contributed by atoms with van der Waals surface area (Å²) in [4.78, 5) is 27.7. The Morgan fingerprint density at radius 3 is 2.36 bits per heavy atom. The smallest absolute Gasteiger partial charge is 0.295 e. The Morgan fingerprint density at radius 2 is 1.70 bits per heavy atom. The van der Waals surface area contributed by atoms with Crippen LogP contribution < -0.4 is 9.47 Å². The molecule has 33 heavy (non-hydrogen) atoms. The highest BCUT2D eigenvalue weighted by molar-refractivity contribution is 6.46. The zero-order valence-corrected chi connectivity index (χ0v) is 19.7. The summed E-state index contributed by atoms with van der Waals surface area (Å²) < 4.78 is 11.2. The zero-order chi connectivity index (χ0) is 23.8. The Hall–Kier alpha value is -3.28. The normalized spacial score (nSPS) is 17.4. The van der Waals surface area contributed by atoms with Crippen molar-refractivity contribution in [1.29, 1.82) is 0 Å². The topological polar surface area (TPSA) is 76.1 Å². The van der Waals surface area contributed by atoms with Crippen molar-refractivity contribution in [3.05, 3.63) is 65.2 Å². The molecule has 1 aliphatic rings. The molecular formula is C27H33NO5. The lowest BCUT2D eigenvalue weighted by Gasteiger charge is -2.25. The van der Waals surface area contributed by atoms with Crippen LogP contribution in [0.2, 0.25) is 0 Å². The van der Waals surface area contributed by atoms with Crippen molar-refractivity contribution >= 4 is 17.4 Å². The van der Waals surface area contributed by atoms with Gasteiger partial charge in [-0.05, 0) is 49.6 Å². The zero-order valence-electron chi connectivity index (χ0n) is 19.7. The molecule has 1 aliphatic heterocycles. The lowest BCUT2D eigenvalue weighted by atomic mass is 9.95. The van der Waals surface area contributed by atoms with Gasteiger partial charge in [-0.1, -0.05) is 51.0 Å².